The van der Waals surface area contributed by atoms with E-state index in [1.165, 1.54) is 17.8 Å². The topological polar surface area (TPSA) is 62.2 Å². The lowest BCUT2D eigenvalue weighted by molar-refractivity contribution is -0.242. The van der Waals surface area contributed by atoms with E-state index >= 15 is 0 Å². The van der Waals surface area contributed by atoms with Gasteiger partial charge in [0, 0.05) is 9.79 Å². The summed E-state index contributed by atoms with van der Waals surface area (Å²) in [6.45, 7) is 2.08. The zero-order valence-electron chi connectivity index (χ0n) is 12.9. The van der Waals surface area contributed by atoms with Gasteiger partial charge in [-0.3, -0.25) is 4.79 Å². The summed E-state index contributed by atoms with van der Waals surface area (Å²) in [6, 6.07) is 12.5. The summed E-state index contributed by atoms with van der Waals surface area (Å²) < 4.78 is 37.9. The summed E-state index contributed by atoms with van der Waals surface area (Å²) in [5.74, 6) is -1.63. The highest BCUT2D eigenvalue weighted by atomic mass is 32.2. The molecule has 1 atom stereocenters. The van der Waals surface area contributed by atoms with Gasteiger partial charge in [0.25, 0.3) is 5.91 Å². The Hall–Kier alpha value is -2.06. The minimum Gasteiger partial charge on any atom is -0.373 e. The number of nitrogens with one attached hydrogen (secondary N) is 1. The average molecular weight is 356 g/mol. The molecule has 1 heterocycles. The van der Waals surface area contributed by atoms with E-state index in [9.17, 15) is 23.1 Å². The van der Waals surface area contributed by atoms with Crippen LogP contribution in [-0.2, 0) is 4.79 Å². The maximum atomic E-state index is 12.6. The molecule has 8 heteroatoms. The van der Waals surface area contributed by atoms with Crippen molar-refractivity contribution < 1.29 is 23.1 Å². The van der Waals surface area contributed by atoms with Crippen molar-refractivity contribution in [2.45, 2.75) is 35.4 Å². The van der Waals surface area contributed by atoms with E-state index in [1.807, 2.05) is 35.6 Å². The lowest BCUT2D eigenvalue weighted by Crippen LogP contribution is -2.52. The van der Waals surface area contributed by atoms with Gasteiger partial charge < -0.3 is 10.4 Å². The molecule has 0 saturated carbocycles. The molecule has 1 aromatic heterocycles. The number of alkyl halides is 3. The molecule has 128 valence electrons. The van der Waals surface area contributed by atoms with Crippen LogP contribution >= 0.6 is 11.8 Å². The third kappa shape index (κ3) is 4.07. The summed E-state index contributed by atoms with van der Waals surface area (Å²) in [6.07, 6.45) is -5.07. The number of carbonyl (C=O) groups excluding carboxylic acids is 1. The predicted molar refractivity (Wildman–Crippen MR) is 84.8 cm³/mol. The second-order valence-corrected chi connectivity index (χ2v) is 6.33. The van der Waals surface area contributed by atoms with E-state index in [-0.39, 0.29) is 5.82 Å². The van der Waals surface area contributed by atoms with Gasteiger partial charge in [-0.1, -0.05) is 30.0 Å². The van der Waals surface area contributed by atoms with Gasteiger partial charge in [-0.05, 0) is 38.1 Å². The number of anilines is 1. The Morgan fingerprint density at radius 3 is 2.33 bits per heavy atom. The standard InChI is InChI=1S/C16H15F3N2O2S/c1-10-12(24-11-6-4-3-5-7-11)8-9-13(20-10)21-14(22)15(2,23)16(17,18)19/h3-9,23H,1-2H3,(H,20,21,22)/t15-/m1/s1. The number of amides is 1. The van der Waals surface area contributed by atoms with Gasteiger partial charge in [0.1, 0.15) is 5.82 Å². The fourth-order valence-corrected chi connectivity index (χ4v) is 2.58. The van der Waals surface area contributed by atoms with E-state index < -0.39 is 17.7 Å². The SMILES string of the molecule is Cc1nc(NC(=O)[C@@](C)(O)C(F)(F)F)ccc1Sc1ccccc1. The van der Waals surface area contributed by atoms with Crippen LogP contribution in [0.2, 0.25) is 0 Å². The molecule has 2 rings (SSSR count). The third-order valence-electron chi connectivity index (χ3n) is 3.24. The molecule has 0 spiro atoms. The highest BCUT2D eigenvalue weighted by Gasteiger charge is 2.55. The van der Waals surface area contributed by atoms with E-state index in [0.717, 1.165) is 9.79 Å². The Morgan fingerprint density at radius 1 is 1.17 bits per heavy atom. The molecule has 0 unspecified atom stereocenters. The van der Waals surface area contributed by atoms with Crippen molar-refractivity contribution in [1.29, 1.82) is 0 Å². The molecule has 1 amide bonds. The van der Waals surface area contributed by atoms with E-state index in [2.05, 4.69) is 4.98 Å². The number of aromatic nitrogens is 1. The number of benzene rings is 1. The number of nitrogens with zero attached hydrogens (tertiary/aromatic N) is 1. The Bertz CT molecular complexity index is 734. The molecule has 0 aliphatic rings. The summed E-state index contributed by atoms with van der Waals surface area (Å²) in [5, 5.41) is 11.3. The number of halogens is 3. The predicted octanol–water partition coefficient (Wildman–Crippen LogP) is 3.79. The molecule has 2 aromatic rings. The molecule has 0 saturated heterocycles. The van der Waals surface area contributed by atoms with E-state index in [4.69, 9.17) is 0 Å². The molecule has 0 radical (unpaired) electrons. The third-order valence-corrected chi connectivity index (χ3v) is 4.40. The zero-order valence-corrected chi connectivity index (χ0v) is 13.7. The second kappa shape index (κ2) is 6.82. The quantitative estimate of drug-likeness (QED) is 0.875. The fraction of sp³-hybridized carbons (Fsp3) is 0.250. The fourth-order valence-electron chi connectivity index (χ4n) is 1.71. The van der Waals surface area contributed by atoms with Crippen molar-refractivity contribution >= 4 is 23.5 Å². The van der Waals surface area contributed by atoms with Crippen molar-refractivity contribution in [3.05, 3.63) is 48.2 Å². The first-order valence-electron chi connectivity index (χ1n) is 6.92. The number of pyridine rings is 1. The lowest BCUT2D eigenvalue weighted by atomic mass is 10.1. The zero-order chi connectivity index (χ0) is 18.0. The van der Waals surface area contributed by atoms with Gasteiger partial charge >= 0.3 is 6.18 Å². The van der Waals surface area contributed by atoms with Crippen LogP contribution in [0.3, 0.4) is 0 Å². The lowest BCUT2D eigenvalue weighted by Gasteiger charge is -2.24. The summed E-state index contributed by atoms with van der Waals surface area (Å²) in [7, 11) is 0. The van der Waals surface area contributed by atoms with E-state index in [1.54, 1.807) is 13.0 Å². The highest BCUT2D eigenvalue weighted by Crippen LogP contribution is 2.32. The van der Waals surface area contributed by atoms with Gasteiger partial charge in [-0.2, -0.15) is 13.2 Å². The number of hydrogen-bond acceptors (Lipinski definition) is 4. The first-order valence-corrected chi connectivity index (χ1v) is 7.74. The van der Waals surface area contributed by atoms with Crippen LogP contribution in [0.5, 0.6) is 0 Å². The molecular weight excluding hydrogens is 341 g/mol. The first-order chi connectivity index (χ1) is 11.1. The molecule has 0 bridgehead atoms. The van der Waals surface area contributed by atoms with Crippen LogP contribution in [0.4, 0.5) is 19.0 Å². The van der Waals surface area contributed by atoms with Crippen LogP contribution in [-0.4, -0.2) is 27.8 Å². The Balaban J connectivity index is 2.14. The summed E-state index contributed by atoms with van der Waals surface area (Å²) in [4.78, 5) is 17.5. The maximum absolute atomic E-state index is 12.6. The van der Waals surface area contributed by atoms with Gasteiger partial charge in [-0.15, -0.1) is 0 Å². The molecule has 4 nitrogen and oxygen atoms in total. The average Bonchev–Trinajstić information content (AvgIpc) is 2.50. The van der Waals surface area contributed by atoms with Crippen LogP contribution < -0.4 is 5.32 Å². The Labute approximate surface area is 141 Å². The number of aliphatic hydroxyl groups is 1. The van der Waals surface area contributed by atoms with Crippen LogP contribution in [0.1, 0.15) is 12.6 Å². The number of aryl methyl sites for hydroxylation is 1. The number of carbonyl (C=O) groups is 1. The highest BCUT2D eigenvalue weighted by molar-refractivity contribution is 7.99. The molecule has 0 aliphatic heterocycles. The normalized spacial score (nSPS) is 14.1. The number of hydrogen-bond donors (Lipinski definition) is 2. The molecule has 24 heavy (non-hydrogen) atoms. The van der Waals surface area contributed by atoms with Crippen molar-refractivity contribution in [2.75, 3.05) is 5.32 Å². The van der Waals surface area contributed by atoms with Crippen LogP contribution in [0.25, 0.3) is 0 Å². The van der Waals surface area contributed by atoms with E-state index in [0.29, 0.717) is 12.6 Å². The molecule has 1 aromatic carbocycles. The molecule has 0 aliphatic carbocycles. The Morgan fingerprint density at radius 2 is 1.79 bits per heavy atom. The van der Waals surface area contributed by atoms with Crippen LogP contribution in [0.15, 0.2) is 52.3 Å². The van der Waals surface area contributed by atoms with Gasteiger partial charge in [0.05, 0.1) is 5.69 Å². The molecule has 0 fully saturated rings. The largest absolute Gasteiger partial charge is 0.426 e. The second-order valence-electron chi connectivity index (χ2n) is 5.22. The van der Waals surface area contributed by atoms with Gasteiger partial charge in [-0.25, -0.2) is 4.98 Å². The summed E-state index contributed by atoms with van der Waals surface area (Å²) in [5.41, 5.74) is -2.94. The minimum atomic E-state index is -5.07. The monoisotopic (exact) mass is 356 g/mol. The molecule has 2 N–H and O–H groups in total. The molecular formula is C16H15F3N2O2S. The van der Waals surface area contributed by atoms with Gasteiger partial charge in [0.2, 0.25) is 5.60 Å². The van der Waals surface area contributed by atoms with Crippen molar-refractivity contribution in [3.8, 4) is 0 Å². The van der Waals surface area contributed by atoms with Crippen molar-refractivity contribution in [3.63, 3.8) is 0 Å². The maximum Gasteiger partial charge on any atom is 0.426 e. The van der Waals surface area contributed by atoms with Crippen molar-refractivity contribution in [2.24, 2.45) is 0 Å². The smallest absolute Gasteiger partial charge is 0.373 e. The van der Waals surface area contributed by atoms with Crippen molar-refractivity contribution in [1.82, 2.24) is 4.98 Å². The number of rotatable bonds is 4. The van der Waals surface area contributed by atoms with Crippen LogP contribution in [0, 0.1) is 6.92 Å². The van der Waals surface area contributed by atoms with Gasteiger partial charge in [0.15, 0.2) is 0 Å². The Kier molecular flexibility index (Phi) is 5.19. The first kappa shape index (κ1) is 18.3. The minimum absolute atomic E-state index is 0.0561. The summed E-state index contributed by atoms with van der Waals surface area (Å²) >= 11 is 1.45.